The smallest absolute Gasteiger partial charge is 0.0543 e. The average Bonchev–Trinajstić information content (AvgIpc) is 2.53. The van der Waals surface area contributed by atoms with Crippen LogP contribution in [-0.4, -0.2) is 28.2 Å². The zero-order valence-electron chi connectivity index (χ0n) is 7.56. The van der Waals surface area contributed by atoms with Gasteiger partial charge >= 0.3 is 0 Å². The lowest BCUT2D eigenvalue weighted by atomic mass is 10.3. The number of pyridine rings is 1. The summed E-state index contributed by atoms with van der Waals surface area (Å²) in [5.74, 6) is 0. The second-order valence-corrected chi connectivity index (χ2v) is 4.23. The van der Waals surface area contributed by atoms with Crippen molar-refractivity contribution in [2.75, 3.05) is 13.1 Å². The maximum atomic E-state index is 4.46. The molecule has 0 unspecified atom stereocenters. The molecule has 0 bridgehead atoms. The largest absolute Gasteiger partial charge is 0.296 e. The fourth-order valence-corrected chi connectivity index (χ4v) is 2.02. The van der Waals surface area contributed by atoms with Crippen molar-refractivity contribution in [1.82, 2.24) is 9.88 Å². The highest BCUT2D eigenvalue weighted by Gasteiger charge is 2.19. The highest BCUT2D eigenvalue weighted by Crippen LogP contribution is 2.15. The molecular formula is C10H14N2S. The van der Waals surface area contributed by atoms with Gasteiger partial charge < -0.3 is 0 Å². The van der Waals surface area contributed by atoms with E-state index < -0.39 is 0 Å². The fourth-order valence-electron chi connectivity index (χ4n) is 1.68. The summed E-state index contributed by atoms with van der Waals surface area (Å²) in [4.78, 5) is 6.70. The van der Waals surface area contributed by atoms with Gasteiger partial charge in [-0.1, -0.05) is 6.07 Å². The van der Waals surface area contributed by atoms with Crippen LogP contribution in [0.5, 0.6) is 0 Å². The van der Waals surface area contributed by atoms with Crippen LogP contribution in [0.15, 0.2) is 24.4 Å². The Balaban J connectivity index is 1.92. The van der Waals surface area contributed by atoms with Gasteiger partial charge in [-0.2, -0.15) is 12.6 Å². The minimum Gasteiger partial charge on any atom is -0.296 e. The van der Waals surface area contributed by atoms with E-state index in [0.29, 0.717) is 5.25 Å². The first-order chi connectivity index (χ1) is 6.34. The number of hydrogen-bond donors (Lipinski definition) is 1. The van der Waals surface area contributed by atoms with E-state index in [1.807, 2.05) is 18.3 Å². The van der Waals surface area contributed by atoms with E-state index in [0.717, 1.165) is 25.3 Å². The van der Waals surface area contributed by atoms with Crippen molar-refractivity contribution in [3.8, 4) is 0 Å². The van der Waals surface area contributed by atoms with Gasteiger partial charge in [-0.15, -0.1) is 0 Å². The summed E-state index contributed by atoms with van der Waals surface area (Å²) >= 11 is 4.46. The third-order valence-electron chi connectivity index (χ3n) is 2.36. The fraction of sp³-hybridized carbons (Fsp3) is 0.500. The Morgan fingerprint density at radius 2 is 2.46 bits per heavy atom. The van der Waals surface area contributed by atoms with Crippen molar-refractivity contribution in [3.05, 3.63) is 30.1 Å². The van der Waals surface area contributed by atoms with Crippen molar-refractivity contribution < 1.29 is 0 Å². The lowest BCUT2D eigenvalue weighted by molar-refractivity contribution is 0.328. The molecule has 0 N–H and O–H groups in total. The van der Waals surface area contributed by atoms with Crippen molar-refractivity contribution in [2.24, 2.45) is 0 Å². The van der Waals surface area contributed by atoms with Gasteiger partial charge in [0.1, 0.15) is 0 Å². The zero-order valence-corrected chi connectivity index (χ0v) is 8.45. The summed E-state index contributed by atoms with van der Waals surface area (Å²) < 4.78 is 0. The van der Waals surface area contributed by atoms with Crippen LogP contribution in [0.3, 0.4) is 0 Å². The normalized spacial score (nSPS) is 23.6. The molecule has 0 radical (unpaired) electrons. The number of likely N-dealkylation sites (tertiary alicyclic amines) is 1. The molecule has 1 atom stereocenters. The molecule has 0 aromatic carbocycles. The molecule has 1 aromatic heterocycles. The predicted molar refractivity (Wildman–Crippen MR) is 56.9 cm³/mol. The number of nitrogens with zero attached hydrogens (tertiary/aromatic N) is 2. The van der Waals surface area contributed by atoms with Gasteiger partial charge in [-0.25, -0.2) is 0 Å². The molecule has 1 aromatic rings. The molecule has 2 rings (SSSR count). The molecule has 1 saturated heterocycles. The van der Waals surface area contributed by atoms with Crippen molar-refractivity contribution in [3.63, 3.8) is 0 Å². The molecule has 0 spiro atoms. The monoisotopic (exact) mass is 194 g/mol. The van der Waals surface area contributed by atoms with Crippen LogP contribution in [0.4, 0.5) is 0 Å². The minimum absolute atomic E-state index is 0.559. The Morgan fingerprint density at radius 3 is 3.08 bits per heavy atom. The van der Waals surface area contributed by atoms with Gasteiger partial charge in [0.25, 0.3) is 0 Å². The molecule has 0 aliphatic carbocycles. The van der Waals surface area contributed by atoms with Crippen LogP contribution in [0.25, 0.3) is 0 Å². The first-order valence-corrected chi connectivity index (χ1v) is 5.16. The SMILES string of the molecule is S[C@H]1CCN(Cc2ccccn2)C1. The summed E-state index contributed by atoms with van der Waals surface area (Å²) in [5, 5.41) is 0.559. The molecule has 2 nitrogen and oxygen atoms in total. The maximum absolute atomic E-state index is 4.46. The Kier molecular flexibility index (Phi) is 2.86. The van der Waals surface area contributed by atoms with E-state index in [1.54, 1.807) is 0 Å². The first kappa shape index (κ1) is 9.03. The van der Waals surface area contributed by atoms with Gasteiger partial charge in [-0.3, -0.25) is 9.88 Å². The lowest BCUT2D eigenvalue weighted by Crippen LogP contribution is -2.20. The van der Waals surface area contributed by atoms with Gasteiger partial charge in [0.15, 0.2) is 0 Å². The van der Waals surface area contributed by atoms with Crippen molar-refractivity contribution in [2.45, 2.75) is 18.2 Å². The van der Waals surface area contributed by atoms with E-state index in [9.17, 15) is 0 Å². The molecule has 2 heterocycles. The number of thiol groups is 1. The highest BCUT2D eigenvalue weighted by atomic mass is 32.1. The van der Waals surface area contributed by atoms with Crippen LogP contribution in [0, 0.1) is 0 Å². The van der Waals surface area contributed by atoms with Crippen LogP contribution in [-0.2, 0) is 6.54 Å². The molecule has 0 saturated carbocycles. The van der Waals surface area contributed by atoms with Crippen LogP contribution >= 0.6 is 12.6 Å². The number of hydrogen-bond acceptors (Lipinski definition) is 3. The molecule has 0 amide bonds. The van der Waals surface area contributed by atoms with Gasteiger partial charge in [-0.05, 0) is 25.1 Å². The summed E-state index contributed by atoms with van der Waals surface area (Å²) in [6, 6.07) is 6.07. The van der Waals surface area contributed by atoms with Gasteiger partial charge in [0, 0.05) is 24.5 Å². The van der Waals surface area contributed by atoms with Gasteiger partial charge in [0.05, 0.1) is 5.69 Å². The molecule has 1 fully saturated rings. The van der Waals surface area contributed by atoms with E-state index >= 15 is 0 Å². The Bertz CT molecular complexity index is 263. The van der Waals surface area contributed by atoms with Crippen LogP contribution in [0.1, 0.15) is 12.1 Å². The molecular weight excluding hydrogens is 180 g/mol. The molecule has 13 heavy (non-hydrogen) atoms. The second-order valence-electron chi connectivity index (χ2n) is 3.50. The molecule has 1 aliphatic rings. The lowest BCUT2D eigenvalue weighted by Gasteiger charge is -2.13. The van der Waals surface area contributed by atoms with Crippen LogP contribution < -0.4 is 0 Å². The minimum atomic E-state index is 0.559. The van der Waals surface area contributed by atoms with Gasteiger partial charge in [0.2, 0.25) is 0 Å². The number of aromatic nitrogens is 1. The van der Waals surface area contributed by atoms with E-state index in [1.165, 1.54) is 6.42 Å². The van der Waals surface area contributed by atoms with E-state index in [4.69, 9.17) is 0 Å². The third-order valence-corrected chi connectivity index (χ3v) is 2.78. The highest BCUT2D eigenvalue weighted by molar-refractivity contribution is 7.81. The predicted octanol–water partition coefficient (Wildman–Crippen LogP) is 1.59. The Morgan fingerprint density at radius 1 is 1.54 bits per heavy atom. The van der Waals surface area contributed by atoms with E-state index in [2.05, 4.69) is 28.6 Å². The Hall–Kier alpha value is -0.540. The molecule has 70 valence electrons. The molecule has 1 aliphatic heterocycles. The average molecular weight is 194 g/mol. The standard InChI is InChI=1S/C10H14N2S/c13-10-4-6-12(8-10)7-9-3-1-2-5-11-9/h1-3,5,10,13H,4,6-8H2/t10-/m0/s1. The second kappa shape index (κ2) is 4.11. The quantitative estimate of drug-likeness (QED) is 0.720. The first-order valence-electron chi connectivity index (χ1n) is 4.65. The third kappa shape index (κ3) is 2.45. The summed E-state index contributed by atoms with van der Waals surface area (Å²) in [5.41, 5.74) is 1.16. The molecule has 3 heteroatoms. The summed E-state index contributed by atoms with van der Waals surface area (Å²) in [6.45, 7) is 3.22. The summed E-state index contributed by atoms with van der Waals surface area (Å²) in [7, 11) is 0. The summed E-state index contributed by atoms with van der Waals surface area (Å²) in [6.07, 6.45) is 3.06. The zero-order chi connectivity index (χ0) is 9.10. The van der Waals surface area contributed by atoms with E-state index in [-0.39, 0.29) is 0 Å². The van der Waals surface area contributed by atoms with Crippen molar-refractivity contribution in [1.29, 1.82) is 0 Å². The Labute approximate surface area is 84.4 Å². The topological polar surface area (TPSA) is 16.1 Å². The van der Waals surface area contributed by atoms with Crippen molar-refractivity contribution >= 4 is 12.6 Å². The maximum Gasteiger partial charge on any atom is 0.0543 e. The number of rotatable bonds is 2. The van der Waals surface area contributed by atoms with Crippen LogP contribution in [0.2, 0.25) is 0 Å².